The lowest BCUT2D eigenvalue weighted by Crippen LogP contribution is -2.41. The average Bonchev–Trinajstić information content (AvgIpc) is 2.95. The molecule has 3 rings (SSSR count). The molecule has 2 aliphatic rings. The summed E-state index contributed by atoms with van der Waals surface area (Å²) >= 11 is 0. The highest BCUT2D eigenvalue weighted by Crippen LogP contribution is 2.31. The van der Waals surface area contributed by atoms with E-state index in [1.54, 1.807) is 4.90 Å². The second-order valence-electron chi connectivity index (χ2n) is 5.43. The van der Waals surface area contributed by atoms with Crippen LogP contribution in [-0.2, 0) is 16.0 Å². The van der Waals surface area contributed by atoms with Gasteiger partial charge >= 0.3 is 0 Å². The van der Waals surface area contributed by atoms with Crippen molar-refractivity contribution in [1.29, 1.82) is 0 Å². The van der Waals surface area contributed by atoms with Crippen molar-refractivity contribution in [3.8, 4) is 0 Å². The second-order valence-corrected chi connectivity index (χ2v) is 5.43. The van der Waals surface area contributed by atoms with Crippen LogP contribution in [0.4, 0.5) is 0 Å². The molecule has 20 heavy (non-hydrogen) atoms. The van der Waals surface area contributed by atoms with E-state index in [0.717, 1.165) is 17.5 Å². The summed E-state index contributed by atoms with van der Waals surface area (Å²) in [6.45, 7) is 0.736. The summed E-state index contributed by atoms with van der Waals surface area (Å²) in [5.41, 5.74) is 2.05. The highest BCUT2D eigenvalue weighted by atomic mass is 16.3. The van der Waals surface area contributed by atoms with Crippen molar-refractivity contribution in [3.63, 3.8) is 0 Å². The minimum atomic E-state index is -0.592. The number of carbonyl (C=O) groups excluding carboxylic acids is 2. The standard InChI is InChI=1S/C15H18N2O3/c18-12-8-10-4-1-2-5-11(10)15(12)16-13(19)9-17-7-3-6-14(17)20/h1-2,4-5,12,15,18H,3,6-9H2,(H,16,19)/t12-,15+/m1/s1. The van der Waals surface area contributed by atoms with Crippen LogP contribution in [0.15, 0.2) is 24.3 Å². The molecule has 106 valence electrons. The molecular weight excluding hydrogens is 256 g/mol. The molecule has 5 nitrogen and oxygen atoms in total. The Morgan fingerprint density at radius 1 is 1.40 bits per heavy atom. The van der Waals surface area contributed by atoms with E-state index in [1.165, 1.54) is 0 Å². The van der Waals surface area contributed by atoms with E-state index in [9.17, 15) is 14.7 Å². The molecule has 2 atom stereocenters. The molecule has 1 fully saturated rings. The number of fused-ring (bicyclic) bond motifs is 1. The predicted molar refractivity (Wildman–Crippen MR) is 72.9 cm³/mol. The van der Waals surface area contributed by atoms with E-state index in [0.29, 0.717) is 19.4 Å². The van der Waals surface area contributed by atoms with Gasteiger partial charge in [0.2, 0.25) is 11.8 Å². The number of aliphatic hydroxyl groups excluding tert-OH is 1. The maximum Gasteiger partial charge on any atom is 0.240 e. The summed E-state index contributed by atoms with van der Waals surface area (Å²) in [6.07, 6.45) is 1.32. The fourth-order valence-electron chi connectivity index (χ4n) is 3.01. The topological polar surface area (TPSA) is 69.6 Å². The number of rotatable bonds is 3. The van der Waals surface area contributed by atoms with Crippen molar-refractivity contribution < 1.29 is 14.7 Å². The zero-order valence-corrected chi connectivity index (χ0v) is 11.2. The van der Waals surface area contributed by atoms with Crippen LogP contribution in [0.1, 0.15) is 30.0 Å². The van der Waals surface area contributed by atoms with Crippen LogP contribution in [0.25, 0.3) is 0 Å². The van der Waals surface area contributed by atoms with Crippen LogP contribution in [0.3, 0.4) is 0 Å². The molecule has 0 aromatic heterocycles. The summed E-state index contributed by atoms with van der Waals surface area (Å²) in [5.74, 6) is -0.173. The zero-order chi connectivity index (χ0) is 14.1. The number of carbonyl (C=O) groups is 2. The molecule has 0 bridgehead atoms. The number of nitrogens with one attached hydrogen (secondary N) is 1. The molecule has 1 aliphatic carbocycles. The minimum Gasteiger partial charge on any atom is -0.390 e. The van der Waals surface area contributed by atoms with Gasteiger partial charge in [-0.2, -0.15) is 0 Å². The van der Waals surface area contributed by atoms with Crippen LogP contribution < -0.4 is 5.32 Å². The predicted octanol–water partition coefficient (Wildman–Crippen LogP) is 0.383. The summed E-state index contributed by atoms with van der Waals surface area (Å²) in [5, 5.41) is 12.9. The van der Waals surface area contributed by atoms with Crippen molar-refractivity contribution in [2.75, 3.05) is 13.1 Å². The Bertz CT molecular complexity index is 544. The number of nitrogens with zero attached hydrogens (tertiary/aromatic N) is 1. The van der Waals surface area contributed by atoms with Crippen LogP contribution in [-0.4, -0.2) is 41.0 Å². The minimum absolute atomic E-state index is 0.0347. The smallest absolute Gasteiger partial charge is 0.240 e. The van der Waals surface area contributed by atoms with Crippen molar-refractivity contribution in [2.45, 2.75) is 31.4 Å². The number of likely N-dealkylation sites (tertiary alicyclic amines) is 1. The summed E-state index contributed by atoms with van der Waals surface area (Å²) in [6, 6.07) is 7.36. The summed E-state index contributed by atoms with van der Waals surface area (Å²) < 4.78 is 0. The lowest BCUT2D eigenvalue weighted by Gasteiger charge is -2.20. The van der Waals surface area contributed by atoms with Gasteiger partial charge in [-0.25, -0.2) is 0 Å². The first-order valence-electron chi connectivity index (χ1n) is 6.98. The van der Waals surface area contributed by atoms with Gasteiger partial charge < -0.3 is 15.3 Å². The van der Waals surface area contributed by atoms with Crippen molar-refractivity contribution >= 4 is 11.8 Å². The van der Waals surface area contributed by atoms with Crippen LogP contribution in [0.5, 0.6) is 0 Å². The number of hydrogen-bond acceptors (Lipinski definition) is 3. The van der Waals surface area contributed by atoms with Crippen LogP contribution >= 0.6 is 0 Å². The second kappa shape index (κ2) is 5.25. The highest BCUT2D eigenvalue weighted by molar-refractivity contribution is 5.86. The number of aliphatic hydroxyl groups is 1. The van der Waals surface area contributed by atoms with Gasteiger partial charge in [0.1, 0.15) is 0 Å². The SMILES string of the molecule is O=C(CN1CCCC1=O)N[C@H]1c2ccccc2C[C@H]1O. The van der Waals surface area contributed by atoms with Crippen LogP contribution in [0.2, 0.25) is 0 Å². The molecule has 1 heterocycles. The number of benzene rings is 1. The van der Waals surface area contributed by atoms with E-state index in [4.69, 9.17) is 0 Å². The Morgan fingerprint density at radius 3 is 2.95 bits per heavy atom. The Kier molecular flexibility index (Phi) is 3.44. The summed E-state index contributed by atoms with van der Waals surface area (Å²) in [7, 11) is 0. The first-order chi connectivity index (χ1) is 9.65. The largest absolute Gasteiger partial charge is 0.390 e. The fourth-order valence-corrected chi connectivity index (χ4v) is 3.01. The van der Waals surface area contributed by atoms with E-state index < -0.39 is 6.10 Å². The fraction of sp³-hybridized carbons (Fsp3) is 0.467. The third-order valence-electron chi connectivity index (χ3n) is 4.03. The molecule has 1 aromatic rings. The van der Waals surface area contributed by atoms with Crippen molar-refractivity contribution in [3.05, 3.63) is 35.4 Å². The van der Waals surface area contributed by atoms with E-state index in [2.05, 4.69) is 5.32 Å². The molecule has 2 N–H and O–H groups in total. The lowest BCUT2D eigenvalue weighted by atomic mass is 10.1. The van der Waals surface area contributed by atoms with Gasteiger partial charge in [0.05, 0.1) is 18.7 Å². The molecule has 2 amide bonds. The molecule has 0 radical (unpaired) electrons. The zero-order valence-electron chi connectivity index (χ0n) is 11.2. The first-order valence-corrected chi connectivity index (χ1v) is 6.98. The molecule has 5 heteroatoms. The number of hydrogen-bond donors (Lipinski definition) is 2. The van der Waals surface area contributed by atoms with E-state index in [-0.39, 0.29) is 24.4 Å². The molecule has 0 unspecified atom stereocenters. The monoisotopic (exact) mass is 274 g/mol. The lowest BCUT2D eigenvalue weighted by molar-refractivity contribution is -0.133. The van der Waals surface area contributed by atoms with Gasteiger partial charge in [0, 0.05) is 19.4 Å². The van der Waals surface area contributed by atoms with Gasteiger partial charge in [-0.1, -0.05) is 24.3 Å². The number of amides is 2. The van der Waals surface area contributed by atoms with Gasteiger partial charge in [-0.3, -0.25) is 9.59 Å². The molecule has 0 spiro atoms. The Morgan fingerprint density at radius 2 is 2.20 bits per heavy atom. The summed E-state index contributed by atoms with van der Waals surface area (Å²) in [4.78, 5) is 25.1. The Labute approximate surface area is 117 Å². The molecular formula is C15H18N2O3. The van der Waals surface area contributed by atoms with Gasteiger partial charge in [-0.05, 0) is 17.5 Å². The quantitative estimate of drug-likeness (QED) is 0.837. The third-order valence-corrected chi connectivity index (χ3v) is 4.03. The molecule has 1 aliphatic heterocycles. The van der Waals surface area contributed by atoms with E-state index >= 15 is 0 Å². The van der Waals surface area contributed by atoms with Gasteiger partial charge in [0.25, 0.3) is 0 Å². The van der Waals surface area contributed by atoms with Crippen molar-refractivity contribution in [2.24, 2.45) is 0 Å². The van der Waals surface area contributed by atoms with E-state index in [1.807, 2.05) is 24.3 Å². The maximum absolute atomic E-state index is 12.0. The van der Waals surface area contributed by atoms with Gasteiger partial charge in [0.15, 0.2) is 0 Å². The highest BCUT2D eigenvalue weighted by Gasteiger charge is 2.32. The molecule has 1 saturated heterocycles. The maximum atomic E-state index is 12.0. The molecule has 1 aromatic carbocycles. The molecule has 0 saturated carbocycles. The Hall–Kier alpha value is -1.88. The van der Waals surface area contributed by atoms with Crippen molar-refractivity contribution in [1.82, 2.24) is 10.2 Å². The Balaban J connectivity index is 1.65. The van der Waals surface area contributed by atoms with Crippen LogP contribution in [0, 0.1) is 0 Å². The average molecular weight is 274 g/mol. The first kappa shape index (κ1) is 13.1. The third kappa shape index (κ3) is 2.41. The van der Waals surface area contributed by atoms with Gasteiger partial charge in [-0.15, -0.1) is 0 Å². The normalized spacial score (nSPS) is 24.9.